The van der Waals surface area contributed by atoms with E-state index >= 15 is 0 Å². The highest BCUT2D eigenvalue weighted by Gasteiger charge is 2.10. The van der Waals surface area contributed by atoms with E-state index in [9.17, 15) is 4.79 Å². The van der Waals surface area contributed by atoms with Gasteiger partial charge in [0, 0.05) is 17.2 Å². The molecule has 106 valence electrons. The largest absolute Gasteiger partial charge is 0.383 e. The van der Waals surface area contributed by atoms with Gasteiger partial charge in [-0.05, 0) is 46.8 Å². The molecular weight excluding hydrogens is 326 g/mol. The van der Waals surface area contributed by atoms with Gasteiger partial charge in [0.15, 0.2) is 0 Å². The van der Waals surface area contributed by atoms with E-state index in [1.54, 1.807) is 12.3 Å². The Labute approximate surface area is 127 Å². The molecule has 0 spiro atoms. The molecule has 1 rings (SSSR count). The van der Waals surface area contributed by atoms with Crippen molar-refractivity contribution in [3.05, 3.63) is 22.3 Å². The molecule has 0 aliphatic carbocycles. The van der Waals surface area contributed by atoms with Gasteiger partial charge in [0.25, 0.3) is 5.91 Å². The average molecular weight is 346 g/mol. The van der Waals surface area contributed by atoms with Gasteiger partial charge in [0.2, 0.25) is 0 Å². The molecular formula is C13H20BrN3OS. The fourth-order valence-corrected chi connectivity index (χ4v) is 2.48. The highest BCUT2D eigenvalue weighted by Crippen LogP contribution is 2.15. The number of amides is 1. The molecule has 1 heterocycles. The quantitative estimate of drug-likeness (QED) is 0.710. The Morgan fingerprint density at radius 3 is 2.89 bits per heavy atom. The molecule has 1 aromatic rings. The molecule has 0 aliphatic rings. The fourth-order valence-electron chi connectivity index (χ4n) is 1.65. The monoisotopic (exact) mass is 345 g/mol. The Kier molecular flexibility index (Phi) is 7.90. The molecule has 0 fully saturated rings. The average Bonchev–Trinajstić information content (AvgIpc) is 2.40. The van der Waals surface area contributed by atoms with Crippen LogP contribution in [-0.2, 0) is 0 Å². The zero-order valence-electron chi connectivity index (χ0n) is 11.1. The number of anilines is 1. The number of rotatable bonds is 8. The minimum absolute atomic E-state index is 0.157. The Morgan fingerprint density at radius 1 is 1.42 bits per heavy atom. The first kappa shape index (κ1) is 16.3. The second kappa shape index (κ2) is 9.20. The lowest BCUT2D eigenvalue weighted by molar-refractivity contribution is 0.0953. The van der Waals surface area contributed by atoms with Crippen LogP contribution in [0.3, 0.4) is 0 Å². The molecule has 3 N–H and O–H groups in total. The Bertz CT molecular complexity index is 415. The first-order chi connectivity index (χ1) is 9.15. The van der Waals surface area contributed by atoms with Gasteiger partial charge in [0.1, 0.15) is 5.82 Å². The predicted octanol–water partition coefficient (Wildman–Crippen LogP) is 3.08. The standard InChI is InChI=1S/C13H20BrN3OS/c1-19-7-5-3-2-4-6-16-13(18)11-8-10(14)9-17-12(11)15/h8-9H,2-7H2,1H3,(H2,15,17)(H,16,18). The van der Waals surface area contributed by atoms with Crippen LogP contribution in [0.1, 0.15) is 36.0 Å². The molecule has 19 heavy (non-hydrogen) atoms. The number of nitrogens with one attached hydrogen (secondary N) is 1. The Morgan fingerprint density at radius 2 is 2.16 bits per heavy atom. The lowest BCUT2D eigenvalue weighted by Gasteiger charge is -2.07. The summed E-state index contributed by atoms with van der Waals surface area (Å²) in [6.45, 7) is 0.685. The first-order valence-electron chi connectivity index (χ1n) is 6.33. The Balaban J connectivity index is 2.26. The lowest BCUT2D eigenvalue weighted by Crippen LogP contribution is -2.25. The number of halogens is 1. The topological polar surface area (TPSA) is 68.0 Å². The summed E-state index contributed by atoms with van der Waals surface area (Å²) in [5, 5.41) is 2.87. The molecule has 0 radical (unpaired) electrons. The van der Waals surface area contributed by atoms with Crippen molar-refractivity contribution in [2.45, 2.75) is 25.7 Å². The number of hydrogen-bond donors (Lipinski definition) is 2. The number of nitrogen functional groups attached to an aromatic ring is 1. The summed E-state index contributed by atoms with van der Waals surface area (Å²) >= 11 is 5.16. The third-order valence-corrected chi connectivity index (χ3v) is 3.82. The second-order valence-corrected chi connectivity index (χ2v) is 6.15. The van der Waals surface area contributed by atoms with Crippen LogP contribution in [0.4, 0.5) is 5.82 Å². The van der Waals surface area contributed by atoms with Gasteiger partial charge >= 0.3 is 0 Å². The van der Waals surface area contributed by atoms with Crippen molar-refractivity contribution in [1.82, 2.24) is 10.3 Å². The minimum atomic E-state index is -0.157. The molecule has 4 nitrogen and oxygen atoms in total. The molecule has 0 saturated heterocycles. The number of thioether (sulfide) groups is 1. The van der Waals surface area contributed by atoms with Crippen molar-refractivity contribution in [3.63, 3.8) is 0 Å². The van der Waals surface area contributed by atoms with Crippen LogP contribution in [0.15, 0.2) is 16.7 Å². The van der Waals surface area contributed by atoms with Crippen molar-refractivity contribution in [2.75, 3.05) is 24.3 Å². The van der Waals surface area contributed by atoms with Crippen molar-refractivity contribution in [1.29, 1.82) is 0 Å². The molecule has 0 atom stereocenters. The number of hydrogen-bond acceptors (Lipinski definition) is 4. The van der Waals surface area contributed by atoms with Gasteiger partial charge in [-0.1, -0.05) is 12.8 Å². The molecule has 0 saturated carbocycles. The van der Waals surface area contributed by atoms with Crippen molar-refractivity contribution in [2.24, 2.45) is 0 Å². The third-order valence-electron chi connectivity index (χ3n) is 2.69. The van der Waals surface area contributed by atoms with Crippen LogP contribution in [0.25, 0.3) is 0 Å². The maximum atomic E-state index is 11.9. The van der Waals surface area contributed by atoms with Crippen LogP contribution in [0.2, 0.25) is 0 Å². The van der Waals surface area contributed by atoms with Gasteiger partial charge in [-0.15, -0.1) is 0 Å². The van der Waals surface area contributed by atoms with Crippen LogP contribution in [0, 0.1) is 0 Å². The van der Waals surface area contributed by atoms with Crippen LogP contribution >= 0.6 is 27.7 Å². The normalized spacial score (nSPS) is 10.4. The van der Waals surface area contributed by atoms with Crippen LogP contribution in [-0.4, -0.2) is 29.4 Å². The van der Waals surface area contributed by atoms with Gasteiger partial charge in [0.05, 0.1) is 5.56 Å². The summed E-state index contributed by atoms with van der Waals surface area (Å²) in [6, 6.07) is 1.69. The number of pyridine rings is 1. The van der Waals surface area contributed by atoms with Crippen LogP contribution in [0.5, 0.6) is 0 Å². The minimum Gasteiger partial charge on any atom is -0.383 e. The van der Waals surface area contributed by atoms with E-state index < -0.39 is 0 Å². The van der Waals surface area contributed by atoms with Crippen molar-refractivity contribution >= 4 is 39.4 Å². The molecule has 0 unspecified atom stereocenters. The van der Waals surface area contributed by atoms with Gasteiger partial charge in [-0.3, -0.25) is 4.79 Å². The number of unbranched alkanes of at least 4 members (excludes halogenated alkanes) is 3. The number of aromatic nitrogens is 1. The molecule has 1 aromatic heterocycles. The number of carbonyl (C=O) groups excluding carboxylic acids is 1. The van der Waals surface area contributed by atoms with E-state index in [-0.39, 0.29) is 11.7 Å². The second-order valence-electron chi connectivity index (χ2n) is 4.25. The SMILES string of the molecule is CSCCCCCCNC(=O)c1cc(Br)cnc1N. The van der Waals surface area contributed by atoms with E-state index in [0.29, 0.717) is 12.1 Å². The zero-order chi connectivity index (χ0) is 14.1. The third kappa shape index (κ3) is 6.29. The van der Waals surface area contributed by atoms with E-state index in [0.717, 1.165) is 17.3 Å². The van der Waals surface area contributed by atoms with Crippen molar-refractivity contribution in [3.8, 4) is 0 Å². The van der Waals surface area contributed by atoms with Gasteiger partial charge in [-0.2, -0.15) is 11.8 Å². The number of nitrogens with zero attached hydrogens (tertiary/aromatic N) is 1. The van der Waals surface area contributed by atoms with Crippen LogP contribution < -0.4 is 11.1 Å². The summed E-state index contributed by atoms with van der Waals surface area (Å²) in [5.41, 5.74) is 6.11. The van der Waals surface area contributed by atoms with E-state index in [2.05, 4.69) is 32.5 Å². The number of nitrogens with two attached hydrogens (primary N) is 1. The fraction of sp³-hybridized carbons (Fsp3) is 0.538. The highest BCUT2D eigenvalue weighted by atomic mass is 79.9. The van der Waals surface area contributed by atoms with Gasteiger partial charge < -0.3 is 11.1 Å². The van der Waals surface area contributed by atoms with Gasteiger partial charge in [-0.25, -0.2) is 4.98 Å². The van der Waals surface area contributed by atoms with E-state index in [1.165, 1.54) is 18.6 Å². The summed E-state index contributed by atoms with van der Waals surface area (Å²) < 4.78 is 0.754. The number of carbonyl (C=O) groups is 1. The maximum absolute atomic E-state index is 11.9. The summed E-state index contributed by atoms with van der Waals surface area (Å²) in [6.07, 6.45) is 8.32. The van der Waals surface area contributed by atoms with Crippen molar-refractivity contribution < 1.29 is 4.79 Å². The predicted molar refractivity (Wildman–Crippen MR) is 85.5 cm³/mol. The summed E-state index contributed by atoms with van der Waals surface area (Å²) in [7, 11) is 0. The van der Waals surface area contributed by atoms with E-state index in [1.807, 2.05) is 11.8 Å². The molecule has 6 heteroatoms. The Hall–Kier alpha value is -0.750. The molecule has 0 aliphatic heterocycles. The maximum Gasteiger partial charge on any atom is 0.255 e. The smallest absolute Gasteiger partial charge is 0.255 e. The summed E-state index contributed by atoms with van der Waals surface area (Å²) in [5.74, 6) is 1.32. The molecule has 1 amide bonds. The zero-order valence-corrected chi connectivity index (χ0v) is 13.5. The first-order valence-corrected chi connectivity index (χ1v) is 8.52. The molecule has 0 aromatic carbocycles. The van der Waals surface area contributed by atoms with E-state index in [4.69, 9.17) is 5.73 Å². The summed E-state index contributed by atoms with van der Waals surface area (Å²) in [4.78, 5) is 15.8. The highest BCUT2D eigenvalue weighted by molar-refractivity contribution is 9.10. The molecule has 0 bridgehead atoms. The lowest BCUT2D eigenvalue weighted by atomic mass is 10.2.